The van der Waals surface area contributed by atoms with Crippen molar-refractivity contribution in [3.63, 3.8) is 0 Å². The summed E-state index contributed by atoms with van der Waals surface area (Å²) in [5.74, 6) is 1.73. The number of benzene rings is 2. The van der Waals surface area contributed by atoms with Gasteiger partial charge >= 0.3 is 0 Å². The fourth-order valence-electron chi connectivity index (χ4n) is 2.78. The second-order valence-electron chi connectivity index (χ2n) is 6.57. The van der Waals surface area contributed by atoms with E-state index in [1.165, 1.54) is 5.56 Å². The van der Waals surface area contributed by atoms with Crippen molar-refractivity contribution in [1.82, 2.24) is 9.55 Å². The largest absolute Gasteiger partial charge is 0.494 e. The number of rotatable bonds is 10. The van der Waals surface area contributed by atoms with Crippen LogP contribution in [-0.2, 0) is 12.3 Å². The summed E-state index contributed by atoms with van der Waals surface area (Å²) in [5, 5.41) is 1.64. The van der Waals surface area contributed by atoms with E-state index in [-0.39, 0.29) is 5.25 Å². The zero-order valence-corrected chi connectivity index (χ0v) is 18.2. The molecule has 0 radical (unpaired) electrons. The molecule has 28 heavy (non-hydrogen) atoms. The van der Waals surface area contributed by atoms with Gasteiger partial charge in [0.05, 0.1) is 12.9 Å². The Hall–Kier alpha value is -1.62. The van der Waals surface area contributed by atoms with E-state index >= 15 is 0 Å². The Morgan fingerprint density at radius 2 is 1.96 bits per heavy atom. The van der Waals surface area contributed by atoms with Gasteiger partial charge in [0.15, 0.2) is 0 Å². The Labute approximate surface area is 181 Å². The highest BCUT2D eigenvalue weighted by Crippen LogP contribution is 2.36. The molecular weight excluding hydrogens is 411 g/mol. The molecule has 148 valence electrons. The first-order valence-corrected chi connectivity index (χ1v) is 11.2. The number of unbranched alkanes of at least 4 members (excludes halogenated alkanes) is 1. The number of imidazole rings is 1. The van der Waals surface area contributed by atoms with E-state index in [1.807, 2.05) is 42.6 Å². The van der Waals surface area contributed by atoms with Gasteiger partial charge in [-0.2, -0.15) is 0 Å². The van der Waals surface area contributed by atoms with Crippen molar-refractivity contribution in [2.45, 2.75) is 37.3 Å². The minimum absolute atomic E-state index is 0.269. The SMILES string of the molecule is CCCCOc1ccc(C(Cn2ccnc2)SCc2ccc(Cl)cc2Cl)cc1. The average Bonchev–Trinajstić information content (AvgIpc) is 3.20. The highest BCUT2D eigenvalue weighted by atomic mass is 35.5. The van der Waals surface area contributed by atoms with E-state index in [4.69, 9.17) is 27.9 Å². The molecule has 0 bridgehead atoms. The smallest absolute Gasteiger partial charge is 0.119 e. The lowest BCUT2D eigenvalue weighted by Gasteiger charge is -2.19. The van der Waals surface area contributed by atoms with E-state index in [9.17, 15) is 0 Å². The summed E-state index contributed by atoms with van der Waals surface area (Å²) in [6.07, 6.45) is 7.86. The van der Waals surface area contributed by atoms with Crippen LogP contribution in [0.5, 0.6) is 5.75 Å². The molecule has 0 saturated heterocycles. The average molecular weight is 435 g/mol. The number of hydrogen-bond acceptors (Lipinski definition) is 3. The Balaban J connectivity index is 1.71. The topological polar surface area (TPSA) is 27.1 Å². The lowest BCUT2D eigenvalue weighted by Crippen LogP contribution is -2.06. The number of aromatic nitrogens is 2. The van der Waals surface area contributed by atoms with E-state index < -0.39 is 0 Å². The Kier molecular flexibility index (Phi) is 8.13. The Morgan fingerprint density at radius 1 is 1.14 bits per heavy atom. The molecule has 0 N–H and O–H groups in total. The van der Waals surface area contributed by atoms with Crippen LogP contribution in [-0.4, -0.2) is 16.2 Å². The van der Waals surface area contributed by atoms with Crippen LogP contribution in [0.15, 0.2) is 61.2 Å². The highest BCUT2D eigenvalue weighted by Gasteiger charge is 2.15. The molecule has 0 aliphatic carbocycles. The van der Waals surface area contributed by atoms with Gasteiger partial charge in [-0.25, -0.2) is 4.98 Å². The van der Waals surface area contributed by atoms with Gasteiger partial charge in [-0.15, -0.1) is 11.8 Å². The minimum atomic E-state index is 0.269. The normalized spacial score (nSPS) is 12.1. The monoisotopic (exact) mass is 434 g/mol. The zero-order valence-electron chi connectivity index (χ0n) is 15.9. The van der Waals surface area contributed by atoms with E-state index in [0.29, 0.717) is 10.0 Å². The van der Waals surface area contributed by atoms with Crippen LogP contribution >= 0.6 is 35.0 Å². The van der Waals surface area contributed by atoms with Gasteiger partial charge in [-0.3, -0.25) is 0 Å². The van der Waals surface area contributed by atoms with Crippen molar-refractivity contribution < 1.29 is 4.74 Å². The van der Waals surface area contributed by atoms with Crippen LogP contribution in [0.25, 0.3) is 0 Å². The number of nitrogens with zero attached hydrogens (tertiary/aromatic N) is 2. The molecule has 3 nitrogen and oxygen atoms in total. The third kappa shape index (κ3) is 6.20. The maximum absolute atomic E-state index is 6.35. The third-order valence-electron chi connectivity index (χ3n) is 4.41. The maximum Gasteiger partial charge on any atom is 0.119 e. The molecule has 2 aromatic carbocycles. The number of ether oxygens (including phenoxy) is 1. The first-order chi connectivity index (χ1) is 13.7. The molecule has 0 fully saturated rings. The third-order valence-corrected chi connectivity index (χ3v) is 6.30. The summed E-state index contributed by atoms with van der Waals surface area (Å²) in [4.78, 5) is 4.16. The van der Waals surface area contributed by atoms with Crippen molar-refractivity contribution >= 4 is 35.0 Å². The Morgan fingerprint density at radius 3 is 2.64 bits per heavy atom. The van der Waals surface area contributed by atoms with Crippen molar-refractivity contribution in [3.8, 4) is 5.75 Å². The fourth-order valence-corrected chi connectivity index (χ4v) is 4.60. The molecule has 3 rings (SSSR count). The first kappa shape index (κ1) is 21.1. The van der Waals surface area contributed by atoms with Crippen LogP contribution in [0.2, 0.25) is 10.0 Å². The van der Waals surface area contributed by atoms with Gasteiger partial charge in [-0.1, -0.05) is 54.7 Å². The molecule has 0 spiro atoms. The summed E-state index contributed by atoms with van der Waals surface area (Å²) in [5.41, 5.74) is 2.35. The summed E-state index contributed by atoms with van der Waals surface area (Å²) in [7, 11) is 0. The van der Waals surface area contributed by atoms with Gasteiger partial charge in [0, 0.05) is 40.0 Å². The summed E-state index contributed by atoms with van der Waals surface area (Å²) in [6, 6.07) is 14.1. The summed E-state index contributed by atoms with van der Waals surface area (Å²) in [6.45, 7) is 3.77. The van der Waals surface area contributed by atoms with Crippen molar-refractivity contribution in [2.75, 3.05) is 6.61 Å². The molecule has 3 aromatic rings. The molecule has 6 heteroatoms. The molecule has 0 amide bonds. The van der Waals surface area contributed by atoms with E-state index in [2.05, 4.69) is 40.7 Å². The second kappa shape index (κ2) is 10.8. The quantitative estimate of drug-likeness (QED) is 0.320. The number of thioether (sulfide) groups is 1. The van der Waals surface area contributed by atoms with Gasteiger partial charge in [-0.05, 0) is 41.8 Å². The molecule has 1 aromatic heterocycles. The molecular formula is C22H24Cl2N2OS. The van der Waals surface area contributed by atoms with Crippen LogP contribution in [0, 0.1) is 0 Å². The van der Waals surface area contributed by atoms with Crippen LogP contribution < -0.4 is 4.74 Å². The molecule has 0 aliphatic rings. The van der Waals surface area contributed by atoms with Crippen LogP contribution in [0.1, 0.15) is 36.1 Å². The van der Waals surface area contributed by atoms with Crippen molar-refractivity contribution in [2.24, 2.45) is 0 Å². The summed E-state index contributed by atoms with van der Waals surface area (Å²) >= 11 is 14.2. The fraction of sp³-hybridized carbons (Fsp3) is 0.318. The molecule has 1 atom stereocenters. The second-order valence-corrected chi connectivity index (χ2v) is 8.60. The molecule has 0 aliphatic heterocycles. The van der Waals surface area contributed by atoms with Gasteiger partial charge < -0.3 is 9.30 Å². The lowest BCUT2D eigenvalue weighted by atomic mass is 10.1. The first-order valence-electron chi connectivity index (χ1n) is 9.39. The predicted molar refractivity (Wildman–Crippen MR) is 120 cm³/mol. The van der Waals surface area contributed by atoms with Gasteiger partial charge in [0.2, 0.25) is 0 Å². The van der Waals surface area contributed by atoms with Crippen LogP contribution in [0.3, 0.4) is 0 Å². The van der Waals surface area contributed by atoms with E-state index in [1.54, 1.807) is 6.07 Å². The van der Waals surface area contributed by atoms with Gasteiger partial charge in [0.1, 0.15) is 5.75 Å². The number of hydrogen-bond donors (Lipinski definition) is 0. The Bertz CT molecular complexity index is 853. The van der Waals surface area contributed by atoms with Crippen LogP contribution in [0.4, 0.5) is 0 Å². The maximum atomic E-state index is 6.35. The van der Waals surface area contributed by atoms with Gasteiger partial charge in [0.25, 0.3) is 0 Å². The number of halogens is 2. The van der Waals surface area contributed by atoms with Crippen molar-refractivity contribution in [3.05, 3.63) is 82.4 Å². The molecule has 0 saturated carbocycles. The van der Waals surface area contributed by atoms with Crippen molar-refractivity contribution in [1.29, 1.82) is 0 Å². The minimum Gasteiger partial charge on any atom is -0.494 e. The molecule has 1 heterocycles. The molecule has 1 unspecified atom stereocenters. The predicted octanol–water partition coefficient (Wildman–Crippen LogP) is 7.04. The van der Waals surface area contributed by atoms with E-state index in [0.717, 1.165) is 43.1 Å². The lowest BCUT2D eigenvalue weighted by molar-refractivity contribution is 0.309. The standard InChI is InChI=1S/C22H24Cl2N2OS/c1-2-3-12-27-20-8-5-17(6-9-20)22(14-26-11-10-25-16-26)28-15-18-4-7-19(23)13-21(18)24/h4-11,13,16,22H,2-3,12,14-15H2,1H3. The summed E-state index contributed by atoms with van der Waals surface area (Å²) < 4.78 is 7.90. The zero-order chi connectivity index (χ0) is 19.8. The highest BCUT2D eigenvalue weighted by molar-refractivity contribution is 7.98.